The lowest BCUT2D eigenvalue weighted by atomic mass is 10.1. The number of rotatable bonds is 6. The minimum atomic E-state index is -0.643. The van der Waals surface area contributed by atoms with Crippen LogP contribution in [0.1, 0.15) is 48.5 Å². The Morgan fingerprint density at radius 1 is 1.06 bits per heavy atom. The van der Waals surface area contributed by atoms with Gasteiger partial charge in [-0.25, -0.2) is 4.98 Å². The van der Waals surface area contributed by atoms with E-state index in [0.29, 0.717) is 24.2 Å². The second kappa shape index (κ2) is 10.8. The van der Waals surface area contributed by atoms with Crippen LogP contribution >= 0.6 is 0 Å². The number of imidazole rings is 1. The van der Waals surface area contributed by atoms with Crippen molar-refractivity contribution in [2.45, 2.75) is 38.5 Å². The Kier molecular flexibility index (Phi) is 7.17. The van der Waals surface area contributed by atoms with Crippen molar-refractivity contribution in [3.05, 3.63) is 89.6 Å². The van der Waals surface area contributed by atoms with E-state index >= 15 is 0 Å². The van der Waals surface area contributed by atoms with Crippen LogP contribution in [-0.2, 0) is 6.54 Å². The number of hydrogen-bond donors (Lipinski definition) is 1. The molecule has 1 aliphatic rings. The van der Waals surface area contributed by atoms with Gasteiger partial charge in [-0.1, -0.05) is 17.0 Å². The van der Waals surface area contributed by atoms with Crippen LogP contribution in [0.4, 0.5) is 0 Å². The Labute approximate surface area is 211 Å². The molecule has 1 N–H and O–H groups in total. The first kappa shape index (κ1) is 23.9. The minimum absolute atomic E-state index is 0.296. The van der Waals surface area contributed by atoms with Gasteiger partial charge in [-0.05, 0) is 75.3 Å². The van der Waals surface area contributed by atoms with Crippen LogP contribution in [0.3, 0.4) is 0 Å². The summed E-state index contributed by atoms with van der Waals surface area (Å²) in [4.78, 5) is 6.53. The maximum absolute atomic E-state index is 9.83. The maximum atomic E-state index is 9.83. The molecule has 0 aliphatic carbocycles. The average Bonchev–Trinajstić information content (AvgIpc) is 3.56. The minimum Gasteiger partial charge on any atom is -0.490 e. The van der Waals surface area contributed by atoms with E-state index in [1.165, 1.54) is 0 Å². The first-order chi connectivity index (χ1) is 17.5. The molecule has 4 aromatic rings. The van der Waals surface area contributed by atoms with Gasteiger partial charge >= 0.3 is 0 Å². The number of benzene rings is 2. The van der Waals surface area contributed by atoms with Gasteiger partial charge in [0.1, 0.15) is 29.5 Å². The second-order valence-electron chi connectivity index (χ2n) is 9.24. The summed E-state index contributed by atoms with van der Waals surface area (Å²) in [6, 6.07) is 17.8. The van der Waals surface area contributed by atoms with E-state index < -0.39 is 6.10 Å². The molecule has 0 bridgehead atoms. The summed E-state index contributed by atoms with van der Waals surface area (Å²) in [6.07, 6.45) is 5.28. The van der Waals surface area contributed by atoms with Crippen molar-refractivity contribution in [1.29, 1.82) is 0 Å². The topological polar surface area (TPSA) is 76.6 Å². The van der Waals surface area contributed by atoms with E-state index in [1.807, 2.05) is 65.4 Å². The van der Waals surface area contributed by atoms with E-state index in [2.05, 4.69) is 33.9 Å². The molecule has 184 valence electrons. The van der Waals surface area contributed by atoms with Crippen LogP contribution in [0.25, 0.3) is 11.3 Å². The molecule has 1 atom stereocenters. The van der Waals surface area contributed by atoms with Gasteiger partial charge in [-0.15, -0.1) is 0 Å². The average molecular weight is 483 g/mol. The summed E-state index contributed by atoms with van der Waals surface area (Å²) < 4.78 is 13.5. The first-order valence-corrected chi connectivity index (χ1v) is 12.3. The van der Waals surface area contributed by atoms with Crippen molar-refractivity contribution in [3.63, 3.8) is 0 Å². The molecule has 1 aliphatic heterocycles. The van der Waals surface area contributed by atoms with Crippen molar-refractivity contribution in [3.8, 4) is 28.9 Å². The Bertz CT molecular complexity index is 1340. The highest BCUT2D eigenvalue weighted by atomic mass is 16.5. The fourth-order valence-electron chi connectivity index (χ4n) is 4.29. The van der Waals surface area contributed by atoms with E-state index in [-0.39, 0.29) is 0 Å². The second-order valence-corrected chi connectivity index (χ2v) is 9.24. The molecule has 5 rings (SSSR count). The van der Waals surface area contributed by atoms with E-state index in [1.54, 1.807) is 13.1 Å². The van der Waals surface area contributed by atoms with Crippen LogP contribution in [0, 0.1) is 11.8 Å². The van der Waals surface area contributed by atoms with Crippen LogP contribution < -0.4 is 4.74 Å². The molecule has 0 saturated carbocycles. The van der Waals surface area contributed by atoms with Crippen molar-refractivity contribution in [2.75, 3.05) is 20.1 Å². The Balaban J connectivity index is 1.19. The number of piperidine rings is 1. The lowest BCUT2D eigenvalue weighted by molar-refractivity contribution is 0.114. The van der Waals surface area contributed by atoms with Crippen LogP contribution in [0.2, 0.25) is 0 Å². The number of likely N-dealkylation sites (tertiary alicyclic amines) is 1. The number of nitrogens with zero attached hydrogens (tertiary/aromatic N) is 4. The molecule has 36 heavy (non-hydrogen) atoms. The van der Waals surface area contributed by atoms with Crippen molar-refractivity contribution >= 4 is 0 Å². The number of hydrogen-bond acceptors (Lipinski definition) is 6. The summed E-state index contributed by atoms with van der Waals surface area (Å²) in [5.74, 6) is 8.63. The zero-order chi connectivity index (χ0) is 24.9. The van der Waals surface area contributed by atoms with Gasteiger partial charge in [0, 0.05) is 48.2 Å². The molecule has 7 nitrogen and oxygen atoms in total. The monoisotopic (exact) mass is 482 g/mol. The standard InChI is InChI=1S/C29H30N4O3/c1-21(34)29-30-15-18-33(29)20-25-19-28(36-31-25)24-9-5-22(6-10-24)3-4-23-7-11-26(12-8-23)35-27-13-16-32(2)17-14-27/h5-12,15,18-19,21,27,34H,13-14,16-17,20H2,1-2H3/t21-/m0/s1. The van der Waals surface area contributed by atoms with Crippen molar-refractivity contribution < 1.29 is 14.4 Å². The summed E-state index contributed by atoms with van der Waals surface area (Å²) in [5, 5.41) is 14.0. The quantitative estimate of drug-likeness (QED) is 0.408. The number of aromatic nitrogens is 3. The zero-order valence-electron chi connectivity index (χ0n) is 20.6. The zero-order valence-corrected chi connectivity index (χ0v) is 20.6. The number of aliphatic hydroxyl groups excluding tert-OH is 1. The molecule has 3 heterocycles. The molecule has 0 amide bonds. The highest BCUT2D eigenvalue weighted by molar-refractivity contribution is 5.59. The summed E-state index contributed by atoms with van der Waals surface area (Å²) in [7, 11) is 2.15. The van der Waals surface area contributed by atoms with Crippen LogP contribution in [-0.4, -0.2) is 51.0 Å². The summed E-state index contributed by atoms with van der Waals surface area (Å²) in [5.41, 5.74) is 3.56. The van der Waals surface area contributed by atoms with Gasteiger partial charge in [-0.2, -0.15) is 0 Å². The molecule has 1 fully saturated rings. The normalized spacial score (nSPS) is 15.3. The van der Waals surface area contributed by atoms with Crippen molar-refractivity contribution in [1.82, 2.24) is 19.6 Å². The van der Waals surface area contributed by atoms with Crippen LogP contribution in [0.15, 0.2) is 71.5 Å². The summed E-state index contributed by atoms with van der Waals surface area (Å²) >= 11 is 0. The van der Waals surface area contributed by atoms with E-state index in [0.717, 1.165) is 54.1 Å². The van der Waals surface area contributed by atoms with Crippen molar-refractivity contribution in [2.24, 2.45) is 0 Å². The van der Waals surface area contributed by atoms with Gasteiger partial charge < -0.3 is 23.8 Å². The molecule has 0 radical (unpaired) electrons. The Morgan fingerprint density at radius 2 is 1.72 bits per heavy atom. The summed E-state index contributed by atoms with van der Waals surface area (Å²) in [6.45, 7) is 4.34. The predicted octanol–water partition coefficient (Wildman–Crippen LogP) is 4.51. The lowest BCUT2D eigenvalue weighted by Gasteiger charge is -2.29. The lowest BCUT2D eigenvalue weighted by Crippen LogP contribution is -2.35. The fraction of sp³-hybridized carbons (Fsp3) is 0.310. The molecule has 2 aromatic carbocycles. The first-order valence-electron chi connectivity index (χ1n) is 12.3. The number of aliphatic hydroxyl groups is 1. The molecular weight excluding hydrogens is 452 g/mol. The highest BCUT2D eigenvalue weighted by Gasteiger charge is 2.18. The smallest absolute Gasteiger partial charge is 0.167 e. The van der Waals surface area contributed by atoms with Gasteiger partial charge in [0.2, 0.25) is 0 Å². The molecule has 1 saturated heterocycles. The van der Waals surface area contributed by atoms with E-state index in [9.17, 15) is 5.11 Å². The molecule has 7 heteroatoms. The predicted molar refractivity (Wildman–Crippen MR) is 137 cm³/mol. The molecule has 2 aromatic heterocycles. The van der Waals surface area contributed by atoms with Gasteiger partial charge in [0.05, 0.1) is 6.54 Å². The fourth-order valence-corrected chi connectivity index (χ4v) is 4.29. The SMILES string of the molecule is C[C@H](O)c1nccn1Cc1cc(-c2ccc(C#Cc3ccc(OC4CCN(C)CC4)cc3)cc2)on1. The van der Waals surface area contributed by atoms with Gasteiger partial charge in [0.15, 0.2) is 5.76 Å². The maximum Gasteiger partial charge on any atom is 0.167 e. The van der Waals surface area contributed by atoms with Crippen LogP contribution in [0.5, 0.6) is 5.75 Å². The molecule has 0 unspecified atom stereocenters. The largest absolute Gasteiger partial charge is 0.490 e. The molecule has 0 spiro atoms. The highest BCUT2D eigenvalue weighted by Crippen LogP contribution is 2.22. The third-order valence-electron chi connectivity index (χ3n) is 6.36. The van der Waals surface area contributed by atoms with E-state index in [4.69, 9.17) is 9.26 Å². The number of ether oxygens (including phenoxy) is 1. The Morgan fingerprint density at radius 3 is 2.39 bits per heavy atom. The van der Waals surface area contributed by atoms with Gasteiger partial charge in [0.25, 0.3) is 0 Å². The third kappa shape index (κ3) is 5.85. The van der Waals surface area contributed by atoms with Gasteiger partial charge in [-0.3, -0.25) is 0 Å². The third-order valence-corrected chi connectivity index (χ3v) is 6.36. The molecular formula is C29H30N4O3. The Hall–Kier alpha value is -3.86.